The molecule has 1 aromatic carbocycles. The van der Waals surface area contributed by atoms with Gasteiger partial charge in [0, 0.05) is 12.1 Å². The Kier molecular flexibility index (Phi) is 5.15. The van der Waals surface area contributed by atoms with E-state index < -0.39 is 6.10 Å². The smallest absolute Gasteiger partial charge is 0.123 e. The molecule has 0 amide bonds. The Morgan fingerprint density at radius 2 is 2.13 bits per heavy atom. The van der Waals surface area contributed by atoms with Crippen LogP contribution in [0.1, 0.15) is 19.4 Å². The van der Waals surface area contributed by atoms with Crippen molar-refractivity contribution in [1.82, 2.24) is 5.32 Å². The fourth-order valence-corrected chi connectivity index (χ4v) is 1.26. The second kappa shape index (κ2) is 6.43. The van der Waals surface area contributed by atoms with Crippen LogP contribution in [0.3, 0.4) is 0 Å². The standard InChI is InChI=1S/C12H19NO2/c1-3-13-8-11-6-4-5-7-12(11)15-9-10(2)14/h4-7,10,13-14H,3,8-9H2,1-2H3. The van der Waals surface area contributed by atoms with Gasteiger partial charge in [0.15, 0.2) is 0 Å². The Bertz CT molecular complexity index is 287. The summed E-state index contributed by atoms with van der Waals surface area (Å²) in [7, 11) is 0. The Balaban J connectivity index is 2.59. The van der Waals surface area contributed by atoms with Crippen molar-refractivity contribution in [1.29, 1.82) is 0 Å². The first-order chi connectivity index (χ1) is 7.24. The number of hydrogen-bond donors (Lipinski definition) is 2. The van der Waals surface area contributed by atoms with Crippen molar-refractivity contribution >= 4 is 0 Å². The van der Waals surface area contributed by atoms with Crippen LogP contribution in [0.4, 0.5) is 0 Å². The summed E-state index contributed by atoms with van der Waals surface area (Å²) in [6.45, 7) is 5.85. The minimum atomic E-state index is -0.433. The molecule has 0 saturated heterocycles. The van der Waals surface area contributed by atoms with E-state index in [4.69, 9.17) is 9.84 Å². The lowest BCUT2D eigenvalue weighted by molar-refractivity contribution is 0.122. The van der Waals surface area contributed by atoms with E-state index in [0.717, 1.165) is 24.4 Å². The highest BCUT2D eigenvalue weighted by Crippen LogP contribution is 2.17. The Hall–Kier alpha value is -1.06. The molecule has 0 fully saturated rings. The normalized spacial score (nSPS) is 12.5. The number of benzene rings is 1. The van der Waals surface area contributed by atoms with Gasteiger partial charge in [0.1, 0.15) is 12.4 Å². The van der Waals surface area contributed by atoms with Crippen LogP contribution >= 0.6 is 0 Å². The summed E-state index contributed by atoms with van der Waals surface area (Å²) in [5, 5.41) is 12.4. The summed E-state index contributed by atoms with van der Waals surface area (Å²) >= 11 is 0. The van der Waals surface area contributed by atoms with Gasteiger partial charge in [0.05, 0.1) is 6.10 Å². The van der Waals surface area contributed by atoms with Gasteiger partial charge in [-0.15, -0.1) is 0 Å². The lowest BCUT2D eigenvalue weighted by atomic mass is 10.2. The molecule has 0 bridgehead atoms. The molecule has 1 unspecified atom stereocenters. The molecule has 0 aliphatic carbocycles. The molecule has 15 heavy (non-hydrogen) atoms. The fourth-order valence-electron chi connectivity index (χ4n) is 1.26. The molecule has 1 rings (SSSR count). The molecule has 3 heteroatoms. The van der Waals surface area contributed by atoms with Crippen LogP contribution < -0.4 is 10.1 Å². The van der Waals surface area contributed by atoms with Gasteiger partial charge >= 0.3 is 0 Å². The van der Waals surface area contributed by atoms with E-state index in [9.17, 15) is 0 Å². The lowest BCUT2D eigenvalue weighted by Gasteiger charge is -2.12. The SMILES string of the molecule is CCNCc1ccccc1OCC(C)O. The van der Waals surface area contributed by atoms with E-state index in [-0.39, 0.29) is 0 Å². The third-order valence-electron chi connectivity index (χ3n) is 2.02. The first-order valence-electron chi connectivity index (χ1n) is 5.33. The first-order valence-corrected chi connectivity index (χ1v) is 5.33. The highest BCUT2D eigenvalue weighted by atomic mass is 16.5. The maximum atomic E-state index is 9.14. The highest BCUT2D eigenvalue weighted by Gasteiger charge is 2.03. The van der Waals surface area contributed by atoms with Crippen molar-refractivity contribution < 1.29 is 9.84 Å². The molecule has 2 N–H and O–H groups in total. The van der Waals surface area contributed by atoms with Crippen LogP contribution in [0.25, 0.3) is 0 Å². The lowest BCUT2D eigenvalue weighted by Crippen LogP contribution is -2.16. The van der Waals surface area contributed by atoms with E-state index in [0.29, 0.717) is 6.61 Å². The Labute approximate surface area is 91.1 Å². The van der Waals surface area contributed by atoms with E-state index in [2.05, 4.69) is 12.2 Å². The molecule has 0 aromatic heterocycles. The van der Waals surface area contributed by atoms with Gasteiger partial charge in [0.2, 0.25) is 0 Å². The quantitative estimate of drug-likeness (QED) is 0.747. The van der Waals surface area contributed by atoms with Crippen molar-refractivity contribution in [3.8, 4) is 5.75 Å². The van der Waals surface area contributed by atoms with E-state index in [1.807, 2.05) is 24.3 Å². The maximum absolute atomic E-state index is 9.14. The minimum absolute atomic E-state index is 0.336. The number of hydrogen-bond acceptors (Lipinski definition) is 3. The number of rotatable bonds is 6. The molecular formula is C12H19NO2. The van der Waals surface area contributed by atoms with Crippen LogP contribution in [0, 0.1) is 0 Å². The molecule has 1 atom stereocenters. The average Bonchev–Trinajstić information content (AvgIpc) is 2.24. The van der Waals surface area contributed by atoms with Crippen molar-refractivity contribution in [3.05, 3.63) is 29.8 Å². The zero-order valence-corrected chi connectivity index (χ0v) is 9.36. The molecule has 84 valence electrons. The number of nitrogens with one attached hydrogen (secondary N) is 1. The third-order valence-corrected chi connectivity index (χ3v) is 2.02. The summed E-state index contributed by atoms with van der Waals surface area (Å²) in [5.74, 6) is 0.847. The second-order valence-corrected chi connectivity index (χ2v) is 3.55. The molecule has 0 aliphatic heterocycles. The largest absolute Gasteiger partial charge is 0.491 e. The van der Waals surface area contributed by atoms with E-state index in [1.54, 1.807) is 6.92 Å². The van der Waals surface area contributed by atoms with Gasteiger partial charge in [-0.1, -0.05) is 25.1 Å². The molecule has 0 aliphatic rings. The zero-order chi connectivity index (χ0) is 11.1. The van der Waals surface area contributed by atoms with Crippen molar-refractivity contribution in [2.45, 2.75) is 26.5 Å². The third kappa shape index (κ3) is 4.32. The van der Waals surface area contributed by atoms with Gasteiger partial charge in [-0.2, -0.15) is 0 Å². The van der Waals surface area contributed by atoms with Crippen LogP contribution in [-0.4, -0.2) is 24.4 Å². The predicted octanol–water partition coefficient (Wildman–Crippen LogP) is 1.56. The summed E-state index contributed by atoms with van der Waals surface area (Å²) in [6, 6.07) is 7.88. The molecule has 0 radical (unpaired) electrons. The molecular weight excluding hydrogens is 190 g/mol. The number of ether oxygens (including phenoxy) is 1. The Morgan fingerprint density at radius 1 is 1.40 bits per heavy atom. The summed E-state index contributed by atoms with van der Waals surface area (Å²) in [4.78, 5) is 0. The second-order valence-electron chi connectivity index (χ2n) is 3.55. The van der Waals surface area contributed by atoms with Crippen LogP contribution in [0.2, 0.25) is 0 Å². The van der Waals surface area contributed by atoms with Crippen LogP contribution in [-0.2, 0) is 6.54 Å². The minimum Gasteiger partial charge on any atom is -0.491 e. The molecule has 0 saturated carbocycles. The van der Waals surface area contributed by atoms with Gasteiger partial charge in [-0.3, -0.25) is 0 Å². The average molecular weight is 209 g/mol. The number of para-hydroxylation sites is 1. The van der Waals surface area contributed by atoms with Gasteiger partial charge in [-0.05, 0) is 19.5 Å². The van der Waals surface area contributed by atoms with Crippen LogP contribution in [0.5, 0.6) is 5.75 Å². The fraction of sp³-hybridized carbons (Fsp3) is 0.500. The van der Waals surface area contributed by atoms with Crippen molar-refractivity contribution in [2.24, 2.45) is 0 Å². The van der Waals surface area contributed by atoms with Gasteiger partial charge in [-0.25, -0.2) is 0 Å². The van der Waals surface area contributed by atoms with Crippen LogP contribution in [0.15, 0.2) is 24.3 Å². The zero-order valence-electron chi connectivity index (χ0n) is 9.36. The summed E-state index contributed by atoms with van der Waals surface area (Å²) in [5.41, 5.74) is 1.13. The maximum Gasteiger partial charge on any atom is 0.123 e. The topological polar surface area (TPSA) is 41.5 Å². The Morgan fingerprint density at radius 3 is 2.80 bits per heavy atom. The molecule has 3 nitrogen and oxygen atoms in total. The predicted molar refractivity (Wildman–Crippen MR) is 61.0 cm³/mol. The molecule has 1 aromatic rings. The van der Waals surface area contributed by atoms with Crippen molar-refractivity contribution in [2.75, 3.05) is 13.2 Å². The highest BCUT2D eigenvalue weighted by molar-refractivity contribution is 5.33. The summed E-state index contributed by atoms with van der Waals surface area (Å²) in [6.07, 6.45) is -0.433. The molecule has 0 heterocycles. The number of aliphatic hydroxyl groups excluding tert-OH is 1. The first kappa shape index (κ1) is 12.0. The monoisotopic (exact) mass is 209 g/mol. The van der Waals surface area contributed by atoms with Crippen molar-refractivity contribution in [3.63, 3.8) is 0 Å². The van der Waals surface area contributed by atoms with Gasteiger partial charge in [0.25, 0.3) is 0 Å². The van der Waals surface area contributed by atoms with E-state index >= 15 is 0 Å². The summed E-state index contributed by atoms with van der Waals surface area (Å²) < 4.78 is 5.51. The van der Waals surface area contributed by atoms with E-state index in [1.165, 1.54) is 0 Å². The van der Waals surface area contributed by atoms with Gasteiger partial charge < -0.3 is 15.2 Å². The number of aliphatic hydroxyl groups is 1. The molecule has 0 spiro atoms.